The summed E-state index contributed by atoms with van der Waals surface area (Å²) in [6, 6.07) is 0. The predicted octanol–water partition coefficient (Wildman–Crippen LogP) is -3.35. The number of nitrogens with zero attached hydrogens (tertiary/aromatic N) is 4. The average Bonchev–Trinajstić information content (AvgIpc) is 2.61. The van der Waals surface area contributed by atoms with Crippen molar-refractivity contribution in [2.45, 2.75) is 19.4 Å². The van der Waals surface area contributed by atoms with E-state index in [4.69, 9.17) is 10.2 Å². The highest BCUT2D eigenvalue weighted by molar-refractivity contribution is 7.88. The SMILES string of the molecule is CC1(C)CN(S(C)(=O)=O)CCN1[N+]1=NOC(=N)C1.[Cl-]. The van der Waals surface area contributed by atoms with Gasteiger partial charge in [-0.15, -0.1) is 0 Å². The summed E-state index contributed by atoms with van der Waals surface area (Å²) in [5.41, 5.74) is -0.390. The molecule has 0 aromatic rings. The van der Waals surface area contributed by atoms with Gasteiger partial charge in [0.05, 0.1) is 12.8 Å². The zero-order chi connectivity index (χ0) is 13.6. The number of piperazine rings is 1. The van der Waals surface area contributed by atoms with E-state index in [1.807, 2.05) is 18.9 Å². The minimum Gasteiger partial charge on any atom is -1.00 e. The molecule has 0 saturated carbocycles. The van der Waals surface area contributed by atoms with Gasteiger partial charge in [-0.1, -0.05) is 0 Å². The lowest BCUT2D eigenvalue weighted by Crippen LogP contribution is -3.00. The van der Waals surface area contributed by atoms with Crippen molar-refractivity contribution in [3.05, 3.63) is 0 Å². The summed E-state index contributed by atoms with van der Waals surface area (Å²) in [6.45, 7) is 5.53. The Morgan fingerprint density at radius 3 is 2.47 bits per heavy atom. The summed E-state index contributed by atoms with van der Waals surface area (Å²) in [6.07, 6.45) is 1.22. The van der Waals surface area contributed by atoms with E-state index in [1.54, 1.807) is 4.81 Å². The molecular formula is C9H18ClN5O3S. The molecule has 1 N–H and O–H groups in total. The number of rotatable bonds is 2. The molecule has 8 nitrogen and oxygen atoms in total. The second kappa shape index (κ2) is 5.22. The van der Waals surface area contributed by atoms with E-state index < -0.39 is 15.6 Å². The highest BCUT2D eigenvalue weighted by Gasteiger charge is 2.45. The Morgan fingerprint density at radius 1 is 1.42 bits per heavy atom. The normalized spacial score (nSPS) is 23.6. The van der Waals surface area contributed by atoms with Crippen LogP contribution in [0.5, 0.6) is 0 Å². The molecule has 0 unspecified atom stereocenters. The number of hydrogen-bond acceptors (Lipinski definition) is 6. The molecule has 19 heavy (non-hydrogen) atoms. The molecule has 1 saturated heterocycles. The van der Waals surface area contributed by atoms with Crippen LogP contribution in [-0.4, -0.2) is 66.4 Å². The Morgan fingerprint density at radius 2 is 2.05 bits per heavy atom. The van der Waals surface area contributed by atoms with Gasteiger partial charge in [0, 0.05) is 17.9 Å². The zero-order valence-electron chi connectivity index (χ0n) is 11.1. The van der Waals surface area contributed by atoms with Crippen molar-refractivity contribution in [3.8, 4) is 0 Å². The van der Waals surface area contributed by atoms with Crippen LogP contribution in [0.15, 0.2) is 5.28 Å². The van der Waals surface area contributed by atoms with Gasteiger partial charge < -0.3 is 12.4 Å². The van der Waals surface area contributed by atoms with Crippen LogP contribution in [0.3, 0.4) is 0 Å². The smallest absolute Gasteiger partial charge is 0.294 e. The Bertz CT molecular complexity index is 504. The molecule has 10 heteroatoms. The topological polar surface area (TPSA) is 89.1 Å². The lowest BCUT2D eigenvalue weighted by atomic mass is 10.0. The molecule has 2 heterocycles. The van der Waals surface area contributed by atoms with Gasteiger partial charge in [-0.25, -0.2) is 8.42 Å². The molecule has 0 atom stereocenters. The van der Waals surface area contributed by atoms with Crippen molar-refractivity contribution in [2.24, 2.45) is 5.28 Å². The fourth-order valence-corrected chi connectivity index (χ4v) is 3.19. The molecule has 2 rings (SSSR count). The second-order valence-corrected chi connectivity index (χ2v) is 7.14. The van der Waals surface area contributed by atoms with E-state index in [0.29, 0.717) is 26.2 Å². The maximum atomic E-state index is 11.6. The molecule has 0 spiro atoms. The van der Waals surface area contributed by atoms with Gasteiger partial charge >= 0.3 is 0 Å². The highest BCUT2D eigenvalue weighted by atomic mass is 35.5. The van der Waals surface area contributed by atoms with Crippen molar-refractivity contribution >= 4 is 15.9 Å². The van der Waals surface area contributed by atoms with E-state index in [9.17, 15) is 8.42 Å². The fourth-order valence-electron chi connectivity index (χ4n) is 2.22. The number of hydrogen-bond donors (Lipinski definition) is 1. The summed E-state index contributed by atoms with van der Waals surface area (Å²) in [5.74, 6) is 0.0938. The monoisotopic (exact) mass is 311 g/mol. The molecule has 0 bridgehead atoms. The van der Waals surface area contributed by atoms with Crippen LogP contribution < -0.4 is 12.4 Å². The zero-order valence-corrected chi connectivity index (χ0v) is 12.7. The first kappa shape index (κ1) is 16.1. The van der Waals surface area contributed by atoms with Crippen molar-refractivity contribution in [3.63, 3.8) is 0 Å². The van der Waals surface area contributed by atoms with Gasteiger partial charge in [0.1, 0.15) is 5.54 Å². The van der Waals surface area contributed by atoms with Crippen molar-refractivity contribution in [1.82, 2.24) is 9.31 Å². The lowest BCUT2D eigenvalue weighted by molar-refractivity contribution is -0.752. The minimum absolute atomic E-state index is 0. The molecule has 0 radical (unpaired) electrons. The van der Waals surface area contributed by atoms with Crippen LogP contribution in [0, 0.1) is 5.41 Å². The third-order valence-corrected chi connectivity index (χ3v) is 4.35. The molecule has 0 aromatic heterocycles. The van der Waals surface area contributed by atoms with Crippen LogP contribution in [0.2, 0.25) is 0 Å². The summed E-state index contributed by atoms with van der Waals surface area (Å²) in [4.78, 5) is 6.35. The molecule has 0 aliphatic carbocycles. The molecule has 110 valence electrons. The first-order valence-corrected chi connectivity index (χ1v) is 7.50. The van der Waals surface area contributed by atoms with Gasteiger partial charge in [-0.2, -0.15) is 9.31 Å². The molecule has 2 aliphatic rings. The summed E-state index contributed by atoms with van der Waals surface area (Å²) in [7, 11) is -3.17. The first-order valence-electron chi connectivity index (χ1n) is 5.66. The van der Waals surface area contributed by atoms with Crippen molar-refractivity contribution < 1.29 is 30.5 Å². The van der Waals surface area contributed by atoms with E-state index >= 15 is 0 Å². The molecular weight excluding hydrogens is 294 g/mol. The summed E-state index contributed by atoms with van der Waals surface area (Å²) < 4.78 is 24.6. The van der Waals surface area contributed by atoms with E-state index in [1.165, 1.54) is 10.6 Å². The Kier molecular flexibility index (Phi) is 4.43. The predicted molar refractivity (Wildman–Crippen MR) is 63.6 cm³/mol. The Labute approximate surface area is 118 Å². The molecule has 0 amide bonds. The Balaban J connectivity index is 0.00000180. The largest absolute Gasteiger partial charge is 1.00 e. The number of hydrazine groups is 1. The van der Waals surface area contributed by atoms with Gasteiger partial charge in [0.2, 0.25) is 15.3 Å². The van der Waals surface area contributed by atoms with Gasteiger partial charge in [-0.05, 0) is 13.8 Å². The van der Waals surface area contributed by atoms with E-state index in [0.717, 1.165) is 0 Å². The van der Waals surface area contributed by atoms with E-state index in [2.05, 4.69) is 5.28 Å². The van der Waals surface area contributed by atoms with Crippen molar-refractivity contribution in [2.75, 3.05) is 32.4 Å². The van der Waals surface area contributed by atoms with Crippen molar-refractivity contribution in [1.29, 1.82) is 5.41 Å². The average molecular weight is 312 g/mol. The third-order valence-electron chi connectivity index (χ3n) is 3.10. The van der Waals surface area contributed by atoms with Crippen LogP contribution in [0.4, 0.5) is 0 Å². The lowest BCUT2D eigenvalue weighted by Gasteiger charge is -2.41. The molecule has 0 aromatic carbocycles. The second-order valence-electron chi connectivity index (χ2n) is 5.16. The molecule has 2 aliphatic heterocycles. The van der Waals surface area contributed by atoms with Gasteiger partial charge in [0.25, 0.3) is 12.4 Å². The van der Waals surface area contributed by atoms with Crippen LogP contribution in [0.1, 0.15) is 13.8 Å². The van der Waals surface area contributed by atoms with Crippen LogP contribution in [-0.2, 0) is 14.9 Å². The number of sulfonamides is 1. The fraction of sp³-hybridized carbons (Fsp3) is 0.889. The molecule has 1 fully saturated rings. The summed E-state index contributed by atoms with van der Waals surface area (Å²) in [5, 5.41) is 13.1. The minimum atomic E-state index is -3.17. The maximum absolute atomic E-state index is 11.6. The Hall–Kier alpha value is -0.930. The quantitative estimate of drug-likeness (QED) is 0.540. The van der Waals surface area contributed by atoms with E-state index in [-0.39, 0.29) is 18.3 Å². The van der Waals surface area contributed by atoms with Crippen LogP contribution >= 0.6 is 0 Å². The summed E-state index contributed by atoms with van der Waals surface area (Å²) >= 11 is 0. The highest BCUT2D eigenvalue weighted by Crippen LogP contribution is 2.23. The number of halogens is 1. The number of nitrogens with one attached hydrogen (secondary N) is 1. The standard InChI is InChI=1S/C9H18N5O3S.ClH/c1-9(2)7-12(18(3,15)16)4-5-13(9)14-6-8(10)17-11-14;/h10H,4-7H2,1-3H3;1H/q+1;/p-1. The van der Waals surface area contributed by atoms with Gasteiger partial charge in [0.15, 0.2) is 0 Å². The third kappa shape index (κ3) is 3.34. The van der Waals surface area contributed by atoms with Crippen LogP contribution in [0.25, 0.3) is 0 Å². The maximum Gasteiger partial charge on any atom is 0.294 e. The van der Waals surface area contributed by atoms with Gasteiger partial charge in [-0.3, -0.25) is 10.2 Å². The first-order chi connectivity index (χ1) is 8.20.